The molecule has 0 unspecified atom stereocenters. The van der Waals surface area contributed by atoms with Crippen LogP contribution in [-0.2, 0) is 6.42 Å². The normalized spacial score (nSPS) is 10.9. The number of hydrogen-bond acceptors (Lipinski definition) is 3. The summed E-state index contributed by atoms with van der Waals surface area (Å²) in [5, 5.41) is 7.17. The summed E-state index contributed by atoms with van der Waals surface area (Å²) in [6.07, 6.45) is 2.47. The highest BCUT2D eigenvalue weighted by atomic mass is 16.1. The van der Waals surface area contributed by atoms with Gasteiger partial charge in [0.2, 0.25) is 0 Å². The van der Waals surface area contributed by atoms with Crippen molar-refractivity contribution in [3.8, 4) is 0 Å². The topological polar surface area (TPSA) is 59.3 Å². The lowest BCUT2D eigenvalue weighted by Crippen LogP contribution is -2.16. The molecule has 22 heavy (non-hydrogen) atoms. The average Bonchev–Trinajstić information content (AvgIpc) is 2.98. The molecule has 2 heterocycles. The molecule has 0 aliphatic rings. The van der Waals surface area contributed by atoms with Crippen LogP contribution >= 0.6 is 0 Å². The van der Waals surface area contributed by atoms with E-state index in [2.05, 4.69) is 15.4 Å². The molecule has 0 radical (unpaired) electrons. The maximum atomic E-state index is 12.5. The molecule has 5 nitrogen and oxygen atoms in total. The zero-order valence-electron chi connectivity index (χ0n) is 12.9. The summed E-state index contributed by atoms with van der Waals surface area (Å²) in [6.45, 7) is 6.00. The summed E-state index contributed by atoms with van der Waals surface area (Å²) >= 11 is 0. The summed E-state index contributed by atoms with van der Waals surface area (Å²) in [5.74, 6) is -0.202. The van der Waals surface area contributed by atoms with Gasteiger partial charge in [-0.15, -0.1) is 0 Å². The number of anilines is 1. The molecule has 0 aliphatic carbocycles. The average molecular weight is 294 g/mol. The van der Waals surface area contributed by atoms with Crippen molar-refractivity contribution in [2.75, 3.05) is 5.32 Å². The van der Waals surface area contributed by atoms with Gasteiger partial charge in [-0.3, -0.25) is 4.79 Å². The van der Waals surface area contributed by atoms with Crippen LogP contribution in [0.1, 0.15) is 34.2 Å². The number of benzene rings is 1. The molecule has 0 bridgehead atoms. The van der Waals surface area contributed by atoms with E-state index in [4.69, 9.17) is 0 Å². The minimum absolute atomic E-state index is 0.202. The Morgan fingerprint density at radius 3 is 2.82 bits per heavy atom. The summed E-state index contributed by atoms with van der Waals surface area (Å²) in [7, 11) is 0. The number of aryl methyl sites for hydroxylation is 3. The number of nitrogens with zero attached hydrogens (tertiary/aromatic N) is 3. The number of carbonyl (C=O) groups excluding carboxylic acids is 1. The van der Waals surface area contributed by atoms with Crippen molar-refractivity contribution in [2.24, 2.45) is 0 Å². The predicted molar refractivity (Wildman–Crippen MR) is 86.2 cm³/mol. The van der Waals surface area contributed by atoms with Gasteiger partial charge < -0.3 is 5.32 Å². The second-order valence-electron chi connectivity index (χ2n) is 5.36. The summed E-state index contributed by atoms with van der Waals surface area (Å²) in [4.78, 5) is 16.9. The summed E-state index contributed by atoms with van der Waals surface area (Å²) in [5.41, 5.74) is 5.00. The maximum Gasteiger partial charge on any atom is 0.274 e. The molecule has 5 heteroatoms. The monoisotopic (exact) mass is 294 g/mol. The standard InChI is InChI=1S/C17H18N4O/c1-4-13-10-15(19-16-7-8-18-21(13)16)17(22)20-14-9-11(2)5-6-12(14)3/h5-10H,4H2,1-3H3,(H,20,22). The van der Waals surface area contributed by atoms with Crippen LogP contribution in [-0.4, -0.2) is 20.5 Å². The van der Waals surface area contributed by atoms with Crippen LogP contribution in [0.25, 0.3) is 5.65 Å². The fourth-order valence-corrected chi connectivity index (χ4v) is 2.40. The molecule has 1 aromatic carbocycles. The molecule has 0 spiro atoms. The molecule has 3 rings (SSSR count). The van der Waals surface area contributed by atoms with Gasteiger partial charge in [-0.05, 0) is 43.5 Å². The molecular weight excluding hydrogens is 276 g/mol. The van der Waals surface area contributed by atoms with E-state index in [1.807, 2.05) is 39.0 Å². The summed E-state index contributed by atoms with van der Waals surface area (Å²) in [6, 6.07) is 9.58. The van der Waals surface area contributed by atoms with Gasteiger partial charge in [0.15, 0.2) is 5.65 Å². The quantitative estimate of drug-likeness (QED) is 0.807. The Labute approximate surface area is 129 Å². The van der Waals surface area contributed by atoms with Gasteiger partial charge in [-0.2, -0.15) is 5.10 Å². The van der Waals surface area contributed by atoms with E-state index >= 15 is 0 Å². The summed E-state index contributed by atoms with van der Waals surface area (Å²) < 4.78 is 1.76. The van der Waals surface area contributed by atoms with Crippen LogP contribution in [0.15, 0.2) is 36.5 Å². The van der Waals surface area contributed by atoms with Crippen molar-refractivity contribution in [3.05, 3.63) is 59.0 Å². The zero-order valence-corrected chi connectivity index (χ0v) is 12.9. The first-order chi connectivity index (χ1) is 10.6. The number of aromatic nitrogens is 3. The lowest BCUT2D eigenvalue weighted by Gasteiger charge is -2.10. The van der Waals surface area contributed by atoms with Gasteiger partial charge in [-0.1, -0.05) is 19.1 Å². The van der Waals surface area contributed by atoms with Gasteiger partial charge in [0, 0.05) is 17.4 Å². The van der Waals surface area contributed by atoms with E-state index in [1.54, 1.807) is 22.8 Å². The van der Waals surface area contributed by atoms with Gasteiger partial charge in [-0.25, -0.2) is 9.50 Å². The van der Waals surface area contributed by atoms with E-state index in [0.717, 1.165) is 28.9 Å². The second-order valence-corrected chi connectivity index (χ2v) is 5.36. The van der Waals surface area contributed by atoms with Crippen molar-refractivity contribution >= 4 is 17.2 Å². The predicted octanol–water partition coefficient (Wildman–Crippen LogP) is 3.16. The smallest absolute Gasteiger partial charge is 0.274 e. The molecule has 0 aliphatic heterocycles. The fraction of sp³-hybridized carbons (Fsp3) is 0.235. The molecule has 0 saturated carbocycles. The van der Waals surface area contributed by atoms with E-state index in [9.17, 15) is 4.79 Å². The minimum atomic E-state index is -0.202. The van der Waals surface area contributed by atoms with Gasteiger partial charge in [0.05, 0.1) is 6.20 Å². The van der Waals surface area contributed by atoms with Crippen LogP contribution in [0.2, 0.25) is 0 Å². The molecule has 0 saturated heterocycles. The van der Waals surface area contributed by atoms with E-state index in [-0.39, 0.29) is 5.91 Å². The Morgan fingerprint density at radius 1 is 1.23 bits per heavy atom. The van der Waals surface area contributed by atoms with Crippen LogP contribution in [0.3, 0.4) is 0 Å². The van der Waals surface area contributed by atoms with Crippen molar-refractivity contribution in [1.82, 2.24) is 14.6 Å². The second kappa shape index (κ2) is 5.60. The van der Waals surface area contributed by atoms with Crippen molar-refractivity contribution in [3.63, 3.8) is 0 Å². The number of hydrogen-bond donors (Lipinski definition) is 1. The third-order valence-electron chi connectivity index (χ3n) is 3.67. The van der Waals surface area contributed by atoms with Gasteiger partial charge in [0.1, 0.15) is 5.69 Å². The van der Waals surface area contributed by atoms with Crippen molar-refractivity contribution in [1.29, 1.82) is 0 Å². The third-order valence-corrected chi connectivity index (χ3v) is 3.67. The molecule has 2 aromatic heterocycles. The molecule has 1 amide bonds. The number of rotatable bonds is 3. The highest BCUT2D eigenvalue weighted by Gasteiger charge is 2.13. The van der Waals surface area contributed by atoms with Crippen LogP contribution in [0, 0.1) is 13.8 Å². The SMILES string of the molecule is CCc1cc(C(=O)Nc2cc(C)ccc2C)nc2ccnn12. The first kappa shape index (κ1) is 14.3. The van der Waals surface area contributed by atoms with Crippen LogP contribution in [0.5, 0.6) is 0 Å². The molecule has 0 atom stereocenters. The molecule has 0 fully saturated rings. The largest absolute Gasteiger partial charge is 0.320 e. The van der Waals surface area contributed by atoms with Crippen LogP contribution in [0.4, 0.5) is 5.69 Å². The molecule has 3 aromatic rings. The Hall–Kier alpha value is -2.69. The Balaban J connectivity index is 1.96. The van der Waals surface area contributed by atoms with Crippen LogP contribution < -0.4 is 5.32 Å². The Morgan fingerprint density at radius 2 is 2.05 bits per heavy atom. The molecule has 1 N–H and O–H groups in total. The Bertz CT molecular complexity index is 851. The first-order valence-electron chi connectivity index (χ1n) is 7.30. The van der Waals surface area contributed by atoms with Gasteiger partial charge >= 0.3 is 0 Å². The first-order valence-corrected chi connectivity index (χ1v) is 7.30. The lowest BCUT2D eigenvalue weighted by molar-refractivity contribution is 0.102. The Kier molecular flexibility index (Phi) is 3.63. The molecule has 112 valence electrons. The minimum Gasteiger partial charge on any atom is -0.320 e. The van der Waals surface area contributed by atoms with Crippen molar-refractivity contribution in [2.45, 2.75) is 27.2 Å². The highest BCUT2D eigenvalue weighted by Crippen LogP contribution is 2.17. The van der Waals surface area contributed by atoms with Crippen molar-refractivity contribution < 1.29 is 4.79 Å². The highest BCUT2D eigenvalue weighted by molar-refractivity contribution is 6.03. The number of nitrogens with one attached hydrogen (secondary N) is 1. The number of fused-ring (bicyclic) bond motifs is 1. The van der Waals surface area contributed by atoms with E-state index < -0.39 is 0 Å². The van der Waals surface area contributed by atoms with E-state index in [0.29, 0.717) is 11.3 Å². The number of amides is 1. The number of carbonyl (C=O) groups is 1. The fourth-order valence-electron chi connectivity index (χ4n) is 2.40. The molecular formula is C17H18N4O. The van der Waals surface area contributed by atoms with E-state index in [1.165, 1.54) is 0 Å². The van der Waals surface area contributed by atoms with Gasteiger partial charge in [0.25, 0.3) is 5.91 Å². The maximum absolute atomic E-state index is 12.5. The lowest BCUT2D eigenvalue weighted by atomic mass is 10.1. The zero-order chi connectivity index (χ0) is 15.7. The third kappa shape index (κ3) is 2.57.